The SMILES string of the molecule is O=C(O)N1CCCC1[C@H]1O[C@@H]1c1ccc(F)cc1. The van der Waals surface area contributed by atoms with Gasteiger partial charge in [-0.3, -0.25) is 0 Å². The maximum atomic E-state index is 12.8. The molecule has 0 aromatic heterocycles. The van der Waals surface area contributed by atoms with E-state index in [1.54, 1.807) is 12.1 Å². The van der Waals surface area contributed by atoms with Crippen LogP contribution >= 0.6 is 0 Å². The van der Waals surface area contributed by atoms with Crippen LogP contribution in [0.1, 0.15) is 24.5 Å². The molecule has 2 saturated heterocycles. The topological polar surface area (TPSA) is 53.1 Å². The van der Waals surface area contributed by atoms with Crippen molar-refractivity contribution in [2.24, 2.45) is 0 Å². The summed E-state index contributed by atoms with van der Waals surface area (Å²) in [5, 5.41) is 9.07. The molecule has 2 aliphatic rings. The van der Waals surface area contributed by atoms with Crippen molar-refractivity contribution in [1.82, 2.24) is 4.90 Å². The van der Waals surface area contributed by atoms with E-state index in [2.05, 4.69) is 0 Å². The van der Waals surface area contributed by atoms with Gasteiger partial charge in [-0.2, -0.15) is 0 Å². The van der Waals surface area contributed by atoms with Crippen molar-refractivity contribution in [2.45, 2.75) is 31.1 Å². The van der Waals surface area contributed by atoms with Crippen LogP contribution in [0.5, 0.6) is 0 Å². The van der Waals surface area contributed by atoms with Crippen molar-refractivity contribution >= 4 is 6.09 Å². The highest BCUT2D eigenvalue weighted by Gasteiger charge is 2.50. The summed E-state index contributed by atoms with van der Waals surface area (Å²) >= 11 is 0. The minimum absolute atomic E-state index is 0.0578. The Morgan fingerprint density at radius 3 is 2.78 bits per heavy atom. The normalized spacial score (nSPS) is 30.5. The van der Waals surface area contributed by atoms with Crippen LogP contribution in [0.3, 0.4) is 0 Å². The Balaban J connectivity index is 1.70. The van der Waals surface area contributed by atoms with Crippen molar-refractivity contribution in [3.63, 3.8) is 0 Å². The van der Waals surface area contributed by atoms with E-state index >= 15 is 0 Å². The molecule has 1 aromatic carbocycles. The quantitative estimate of drug-likeness (QED) is 0.821. The van der Waals surface area contributed by atoms with Gasteiger partial charge in [0.1, 0.15) is 18.0 Å². The van der Waals surface area contributed by atoms with Gasteiger partial charge in [-0.25, -0.2) is 9.18 Å². The van der Waals surface area contributed by atoms with E-state index in [-0.39, 0.29) is 24.1 Å². The van der Waals surface area contributed by atoms with Crippen molar-refractivity contribution in [2.75, 3.05) is 6.54 Å². The molecule has 0 saturated carbocycles. The second-order valence-electron chi connectivity index (χ2n) is 4.76. The number of rotatable bonds is 2. The average molecular weight is 251 g/mol. The Bertz CT molecular complexity index is 462. The summed E-state index contributed by atoms with van der Waals surface area (Å²) in [5.41, 5.74) is 0.915. The lowest BCUT2D eigenvalue weighted by Gasteiger charge is -2.19. The zero-order chi connectivity index (χ0) is 12.7. The van der Waals surface area contributed by atoms with Crippen LogP contribution in [-0.4, -0.2) is 34.8 Å². The van der Waals surface area contributed by atoms with Gasteiger partial charge in [0.2, 0.25) is 0 Å². The van der Waals surface area contributed by atoms with Crippen LogP contribution in [-0.2, 0) is 4.74 Å². The van der Waals surface area contributed by atoms with E-state index in [1.165, 1.54) is 17.0 Å². The Labute approximate surface area is 104 Å². The van der Waals surface area contributed by atoms with E-state index in [4.69, 9.17) is 9.84 Å². The van der Waals surface area contributed by atoms with Crippen molar-refractivity contribution in [3.8, 4) is 0 Å². The summed E-state index contributed by atoms with van der Waals surface area (Å²) < 4.78 is 18.4. The molecule has 18 heavy (non-hydrogen) atoms. The summed E-state index contributed by atoms with van der Waals surface area (Å²) in [7, 11) is 0. The molecular weight excluding hydrogens is 237 g/mol. The molecule has 1 amide bonds. The van der Waals surface area contributed by atoms with Gasteiger partial charge < -0.3 is 14.7 Å². The predicted octanol–water partition coefficient (Wildman–Crippen LogP) is 2.41. The second kappa shape index (κ2) is 4.24. The molecule has 2 fully saturated rings. The molecule has 1 unspecified atom stereocenters. The van der Waals surface area contributed by atoms with Crippen LogP contribution in [0.15, 0.2) is 24.3 Å². The molecule has 1 N–H and O–H groups in total. The zero-order valence-electron chi connectivity index (χ0n) is 9.75. The molecule has 1 aromatic rings. The fourth-order valence-corrected chi connectivity index (χ4v) is 2.71. The Kier molecular flexibility index (Phi) is 2.70. The van der Waals surface area contributed by atoms with Crippen LogP contribution in [0, 0.1) is 5.82 Å². The summed E-state index contributed by atoms with van der Waals surface area (Å²) in [4.78, 5) is 12.5. The highest BCUT2D eigenvalue weighted by Crippen LogP contribution is 2.44. The highest BCUT2D eigenvalue weighted by atomic mass is 19.1. The fraction of sp³-hybridized carbons (Fsp3) is 0.462. The number of ether oxygens (including phenoxy) is 1. The first kappa shape index (κ1) is 11.5. The van der Waals surface area contributed by atoms with Crippen LogP contribution in [0.25, 0.3) is 0 Å². The number of likely N-dealkylation sites (tertiary alicyclic amines) is 1. The van der Waals surface area contributed by atoms with E-state index in [1.807, 2.05) is 0 Å². The number of nitrogens with zero attached hydrogens (tertiary/aromatic N) is 1. The minimum atomic E-state index is -0.883. The van der Waals surface area contributed by atoms with Gasteiger partial charge >= 0.3 is 6.09 Å². The van der Waals surface area contributed by atoms with Gasteiger partial charge in [0, 0.05) is 6.54 Å². The number of epoxide rings is 1. The van der Waals surface area contributed by atoms with Crippen molar-refractivity contribution < 1.29 is 19.0 Å². The Morgan fingerprint density at radius 1 is 1.39 bits per heavy atom. The molecule has 0 bridgehead atoms. The molecule has 5 heteroatoms. The number of halogens is 1. The van der Waals surface area contributed by atoms with Crippen LogP contribution in [0.4, 0.5) is 9.18 Å². The van der Waals surface area contributed by atoms with Gasteiger partial charge in [-0.05, 0) is 30.5 Å². The Morgan fingerprint density at radius 2 is 2.11 bits per heavy atom. The number of benzene rings is 1. The number of carboxylic acid groups (broad SMARTS) is 1. The third-order valence-corrected chi connectivity index (χ3v) is 3.65. The standard InChI is InChI=1S/C13H14FNO3/c14-9-5-3-8(4-6-9)11-12(18-11)10-2-1-7-15(10)13(16)17/h3-6,10-12H,1-2,7H2,(H,16,17)/t10?,11-,12-/m1/s1. The Hall–Kier alpha value is -1.62. The van der Waals surface area contributed by atoms with Crippen molar-refractivity contribution in [3.05, 3.63) is 35.6 Å². The van der Waals surface area contributed by atoms with Gasteiger partial charge in [0.15, 0.2) is 0 Å². The molecule has 3 atom stereocenters. The molecule has 96 valence electrons. The second-order valence-corrected chi connectivity index (χ2v) is 4.76. The summed E-state index contributed by atoms with van der Waals surface area (Å²) in [6.45, 7) is 0.579. The zero-order valence-corrected chi connectivity index (χ0v) is 9.75. The largest absolute Gasteiger partial charge is 0.465 e. The highest BCUT2D eigenvalue weighted by molar-refractivity contribution is 5.66. The van der Waals surface area contributed by atoms with E-state index < -0.39 is 6.09 Å². The number of hydrogen-bond acceptors (Lipinski definition) is 2. The number of hydrogen-bond donors (Lipinski definition) is 1. The predicted molar refractivity (Wildman–Crippen MR) is 61.8 cm³/mol. The third-order valence-electron chi connectivity index (χ3n) is 3.65. The van der Waals surface area contributed by atoms with Gasteiger partial charge in [-0.15, -0.1) is 0 Å². The van der Waals surface area contributed by atoms with Gasteiger partial charge in [0.25, 0.3) is 0 Å². The first-order chi connectivity index (χ1) is 8.66. The molecule has 0 radical (unpaired) electrons. The molecule has 4 nitrogen and oxygen atoms in total. The average Bonchev–Trinajstić information content (AvgIpc) is 2.98. The third kappa shape index (κ3) is 1.95. The lowest BCUT2D eigenvalue weighted by molar-refractivity contribution is 0.132. The first-order valence-electron chi connectivity index (χ1n) is 6.07. The minimum Gasteiger partial charge on any atom is -0.465 e. The lowest BCUT2D eigenvalue weighted by atomic mass is 10.0. The molecule has 3 rings (SSSR count). The monoisotopic (exact) mass is 251 g/mol. The maximum absolute atomic E-state index is 12.8. The van der Waals surface area contributed by atoms with E-state index in [0.717, 1.165) is 18.4 Å². The van der Waals surface area contributed by atoms with Gasteiger partial charge in [0.05, 0.1) is 6.04 Å². The molecule has 2 heterocycles. The van der Waals surface area contributed by atoms with Crippen molar-refractivity contribution in [1.29, 1.82) is 0 Å². The van der Waals surface area contributed by atoms with Gasteiger partial charge in [-0.1, -0.05) is 12.1 Å². The molecule has 0 aliphatic carbocycles. The fourth-order valence-electron chi connectivity index (χ4n) is 2.71. The molecule has 2 aliphatic heterocycles. The summed E-state index contributed by atoms with van der Waals surface area (Å²) in [5.74, 6) is -0.274. The van der Waals surface area contributed by atoms with E-state index in [9.17, 15) is 9.18 Å². The molecular formula is C13H14FNO3. The lowest BCUT2D eigenvalue weighted by Crippen LogP contribution is -2.37. The number of carbonyl (C=O) groups is 1. The van der Waals surface area contributed by atoms with E-state index in [0.29, 0.717) is 6.54 Å². The summed E-state index contributed by atoms with van der Waals surface area (Å²) in [6, 6.07) is 6.13. The first-order valence-corrected chi connectivity index (χ1v) is 6.07. The molecule has 0 spiro atoms. The smallest absolute Gasteiger partial charge is 0.407 e. The van der Waals surface area contributed by atoms with Crippen LogP contribution in [0.2, 0.25) is 0 Å². The summed E-state index contributed by atoms with van der Waals surface area (Å²) in [6.07, 6.45) is 0.678. The van der Waals surface area contributed by atoms with Crippen LogP contribution < -0.4 is 0 Å². The maximum Gasteiger partial charge on any atom is 0.407 e. The number of amides is 1.